The van der Waals surface area contributed by atoms with E-state index >= 15 is 0 Å². The molecule has 0 aromatic heterocycles. The number of carboxylic acids is 2. The van der Waals surface area contributed by atoms with Crippen LogP contribution in [0.25, 0.3) is 0 Å². The maximum absolute atomic E-state index is 9.63. The number of carboxylic acid groups (broad SMARTS) is 2. The number of hydrogen-bond donors (Lipinski definition) is 4. The molecule has 0 radical (unpaired) electrons. The number of aliphatic carboxylic acids is 2. The molecule has 0 aromatic carbocycles. The summed E-state index contributed by atoms with van der Waals surface area (Å²) in [4.78, 5) is 19.3. The van der Waals surface area contributed by atoms with Crippen molar-refractivity contribution in [3.8, 4) is 0 Å². The smallest absolute Gasteiger partial charge is 0.332 e. The van der Waals surface area contributed by atoms with Crippen LogP contribution in [0.2, 0.25) is 0 Å². The van der Waals surface area contributed by atoms with Gasteiger partial charge in [0.05, 0.1) is 0 Å². The second kappa shape index (κ2) is 11.0. The third kappa shape index (κ3) is 16.0. The summed E-state index contributed by atoms with van der Waals surface area (Å²) in [6.45, 7) is 8.61. The van der Waals surface area contributed by atoms with Crippen LogP contribution in [0.3, 0.4) is 0 Å². The van der Waals surface area contributed by atoms with Crippen molar-refractivity contribution >= 4 is 11.9 Å². The molecule has 5 N–H and O–H groups in total. The van der Waals surface area contributed by atoms with Crippen LogP contribution < -0.4 is 11.1 Å². The first-order valence-electron chi connectivity index (χ1n) is 4.65. The molecule has 0 amide bonds. The largest absolute Gasteiger partial charge is 0.480 e. The zero-order valence-electron chi connectivity index (χ0n) is 9.84. The summed E-state index contributed by atoms with van der Waals surface area (Å²) in [5, 5.41) is 19.0. The van der Waals surface area contributed by atoms with Crippen LogP contribution in [-0.4, -0.2) is 40.3 Å². The van der Waals surface area contributed by atoms with Gasteiger partial charge in [0.15, 0.2) is 0 Å². The van der Waals surface area contributed by atoms with Crippen LogP contribution >= 0.6 is 0 Å². The van der Waals surface area contributed by atoms with Crippen LogP contribution in [-0.2, 0) is 30.7 Å². The van der Waals surface area contributed by atoms with Gasteiger partial charge in [-0.3, -0.25) is 0 Å². The third-order valence-corrected chi connectivity index (χ3v) is 1.20. The molecule has 0 unspecified atom stereocenters. The van der Waals surface area contributed by atoms with Crippen molar-refractivity contribution in [1.29, 1.82) is 0 Å². The zero-order chi connectivity index (χ0) is 12.6. The molecule has 0 aliphatic heterocycles. The fraction of sp³-hybridized carbons (Fsp3) is 0.778. The molecule has 0 fully saturated rings. The van der Waals surface area contributed by atoms with E-state index in [2.05, 4.69) is 38.7 Å². The van der Waals surface area contributed by atoms with Gasteiger partial charge in [0.2, 0.25) is 6.04 Å². The van der Waals surface area contributed by atoms with Gasteiger partial charge in [0, 0.05) is 33.1 Å². The Hall–Kier alpha value is -0.452. The molecule has 0 heterocycles. The Kier molecular flexibility index (Phi) is 14.4. The quantitative estimate of drug-likeness (QED) is 0.476. The van der Waals surface area contributed by atoms with Gasteiger partial charge in [-0.05, 0) is 0 Å². The van der Waals surface area contributed by atoms with Crippen molar-refractivity contribution in [2.45, 2.75) is 45.8 Å². The minimum Gasteiger partial charge on any atom is -0.480 e. The topological polar surface area (TPSA) is 113 Å². The number of hydrogen-bond acceptors (Lipinski definition) is 4. The molecule has 0 saturated carbocycles. The van der Waals surface area contributed by atoms with E-state index in [-0.39, 0.29) is 21.1 Å². The van der Waals surface area contributed by atoms with Gasteiger partial charge in [0.1, 0.15) is 0 Å². The van der Waals surface area contributed by atoms with Crippen LogP contribution in [0.5, 0.6) is 0 Å². The zero-order valence-corrected chi connectivity index (χ0v) is 12.1. The van der Waals surface area contributed by atoms with Crippen molar-refractivity contribution in [1.82, 2.24) is 5.32 Å². The Morgan fingerprint density at radius 3 is 1.25 bits per heavy atom. The first kappa shape index (κ1) is 20.9. The Balaban J connectivity index is -0.000000200. The maximum atomic E-state index is 9.63. The van der Waals surface area contributed by atoms with E-state index in [9.17, 15) is 9.59 Å². The van der Waals surface area contributed by atoms with Crippen molar-refractivity contribution in [2.24, 2.45) is 5.73 Å². The average molecular weight is 415 g/mol. The van der Waals surface area contributed by atoms with Crippen molar-refractivity contribution < 1.29 is 40.9 Å². The molecule has 0 rings (SSSR count). The van der Waals surface area contributed by atoms with Crippen molar-refractivity contribution in [3.63, 3.8) is 0 Å². The van der Waals surface area contributed by atoms with Crippen molar-refractivity contribution in [2.75, 3.05) is 0 Å². The van der Waals surface area contributed by atoms with E-state index in [4.69, 9.17) is 10.2 Å². The van der Waals surface area contributed by atoms with Gasteiger partial charge in [-0.25, -0.2) is 9.59 Å². The predicted molar refractivity (Wildman–Crippen MR) is 56.7 cm³/mol. The minimum atomic E-state index is -1.80. The molecule has 7 heteroatoms. The molecule has 6 nitrogen and oxygen atoms in total. The van der Waals surface area contributed by atoms with Crippen LogP contribution in [0.1, 0.15) is 27.7 Å². The van der Waals surface area contributed by atoms with Gasteiger partial charge in [0.25, 0.3) is 0 Å². The maximum Gasteiger partial charge on any atom is 0.332 e. The van der Waals surface area contributed by atoms with Crippen molar-refractivity contribution in [3.05, 3.63) is 0 Å². The number of nitrogens with one attached hydrogen (secondary N) is 1. The monoisotopic (exact) mass is 415 g/mol. The van der Waals surface area contributed by atoms with E-state index in [1.807, 2.05) is 0 Å². The fourth-order valence-electron chi connectivity index (χ4n) is 0.772. The van der Waals surface area contributed by atoms with Crippen LogP contribution in [0, 0.1) is 0 Å². The van der Waals surface area contributed by atoms with E-state index < -0.39 is 18.0 Å². The summed E-state index contributed by atoms with van der Waals surface area (Å²) in [7, 11) is 0. The summed E-state index contributed by atoms with van der Waals surface area (Å²) < 4.78 is 0. The van der Waals surface area contributed by atoms with Gasteiger partial charge in [-0.2, -0.15) is 0 Å². The van der Waals surface area contributed by atoms with Gasteiger partial charge in [-0.1, -0.05) is 27.7 Å². The summed E-state index contributed by atoms with van der Waals surface area (Å²) in [6, 6.07) is -0.546. The number of carbonyl (C=O) groups is 2. The van der Waals surface area contributed by atoms with E-state index in [1.165, 1.54) is 0 Å². The molecule has 0 saturated heterocycles. The summed E-state index contributed by atoms with van der Waals surface area (Å²) >= 11 is 0. The molecule has 0 spiro atoms. The third-order valence-electron chi connectivity index (χ3n) is 1.20. The van der Waals surface area contributed by atoms with E-state index in [1.54, 1.807) is 0 Å². The molecular weight excluding hydrogens is 395 g/mol. The fourth-order valence-corrected chi connectivity index (χ4v) is 0.772. The summed E-state index contributed by atoms with van der Waals surface area (Å²) in [6.07, 6.45) is 0. The van der Waals surface area contributed by atoms with E-state index in [0.29, 0.717) is 12.1 Å². The van der Waals surface area contributed by atoms with Crippen LogP contribution in [0.4, 0.5) is 0 Å². The molecule has 0 aliphatic carbocycles. The Morgan fingerprint density at radius 2 is 1.25 bits per heavy atom. The van der Waals surface area contributed by atoms with Gasteiger partial charge < -0.3 is 21.3 Å². The molecule has 0 aromatic rings. The average Bonchev–Trinajstić information content (AvgIpc) is 2.00. The molecule has 0 bridgehead atoms. The summed E-state index contributed by atoms with van der Waals surface area (Å²) in [5.41, 5.74) is 4.56. The Morgan fingerprint density at radius 1 is 1.00 bits per heavy atom. The van der Waals surface area contributed by atoms with E-state index in [0.717, 1.165) is 0 Å². The second-order valence-electron chi connectivity index (χ2n) is 3.63. The SMILES string of the molecule is CC(C)NC(C)C.NC(C(=O)O)C(=O)O.[Pt]. The molecular formula is C9H20N2O4Pt. The molecule has 16 heavy (non-hydrogen) atoms. The van der Waals surface area contributed by atoms with Gasteiger partial charge >= 0.3 is 11.9 Å². The summed E-state index contributed by atoms with van der Waals surface area (Å²) in [5.74, 6) is -3.06. The Labute approximate surface area is 110 Å². The first-order chi connectivity index (χ1) is 6.68. The van der Waals surface area contributed by atoms with Crippen LogP contribution in [0.15, 0.2) is 0 Å². The minimum absolute atomic E-state index is 0. The number of rotatable bonds is 4. The molecule has 0 aliphatic rings. The Bertz CT molecular complexity index is 190. The number of nitrogens with two attached hydrogens (primary N) is 1. The predicted octanol–water partition coefficient (Wildman–Crippen LogP) is -0.127. The normalized spacial score (nSPS) is 9.50. The molecule has 100 valence electrons. The second-order valence-corrected chi connectivity index (χ2v) is 3.63. The first-order valence-corrected chi connectivity index (χ1v) is 4.65. The standard InChI is InChI=1S/C6H15N.C3H5NO4.Pt/c1-5(2)7-6(3)4;4-1(2(5)6)3(7)8;/h5-7H,1-4H3;1H,4H2,(H,5,6)(H,7,8);. The van der Waals surface area contributed by atoms with Gasteiger partial charge in [-0.15, -0.1) is 0 Å². The molecule has 0 atom stereocenters.